The van der Waals surface area contributed by atoms with Gasteiger partial charge in [-0.25, -0.2) is 0 Å². The largest absolute Gasteiger partial charge is 0.195 e. The average Bonchev–Trinajstić information content (AvgIpc) is 3.53. The third-order valence-corrected chi connectivity index (χ3v) is 6.72. The van der Waals surface area contributed by atoms with Crippen LogP contribution < -0.4 is 0 Å². The molecular formula is C30H25NS. The SMILES string of the molecule is CC1CC1Cc1ccc(C#Cc2ccc3c(c2)CCC(c2ccc(N=C=S)cc2)=C3)cc1. The van der Waals surface area contributed by atoms with Crippen LogP contribution >= 0.6 is 12.2 Å². The van der Waals surface area contributed by atoms with Crippen LogP contribution in [0.2, 0.25) is 0 Å². The second-order valence-electron chi connectivity index (χ2n) is 8.96. The fraction of sp³-hybridized carbons (Fsp3) is 0.233. The Morgan fingerprint density at radius 1 is 0.906 bits per heavy atom. The standard InChI is InChI=1S/C30H25NS/c1-21-16-29(21)18-23-5-2-22(3-6-23)4-7-24-8-9-28-19-27(11-10-26(28)17-24)25-12-14-30(15-13-25)31-20-32/h2-3,5-6,8-9,12-15,17,19,21,29H,10-11,16,18H2,1H3. The van der Waals surface area contributed by atoms with Crippen molar-refractivity contribution in [3.05, 3.63) is 100 Å². The van der Waals surface area contributed by atoms with Gasteiger partial charge in [-0.15, -0.1) is 0 Å². The summed E-state index contributed by atoms with van der Waals surface area (Å²) in [7, 11) is 0. The lowest BCUT2D eigenvalue weighted by Crippen LogP contribution is -1.99. The molecule has 0 amide bonds. The quantitative estimate of drug-likeness (QED) is 0.237. The molecule has 0 N–H and O–H groups in total. The first-order chi connectivity index (χ1) is 15.7. The summed E-state index contributed by atoms with van der Waals surface area (Å²) in [6, 6.07) is 23.6. The fourth-order valence-corrected chi connectivity index (χ4v) is 4.56. The van der Waals surface area contributed by atoms with Crippen molar-refractivity contribution in [2.24, 2.45) is 16.8 Å². The molecule has 0 radical (unpaired) electrons. The Morgan fingerprint density at radius 3 is 2.34 bits per heavy atom. The summed E-state index contributed by atoms with van der Waals surface area (Å²) in [5, 5.41) is 2.42. The molecule has 3 aromatic rings. The average molecular weight is 432 g/mol. The Kier molecular flexibility index (Phi) is 5.87. The minimum absolute atomic E-state index is 0.843. The van der Waals surface area contributed by atoms with Crippen molar-refractivity contribution >= 4 is 34.7 Å². The zero-order valence-electron chi connectivity index (χ0n) is 18.3. The highest BCUT2D eigenvalue weighted by atomic mass is 32.1. The number of hydrogen-bond acceptors (Lipinski definition) is 2. The van der Waals surface area contributed by atoms with Crippen LogP contribution in [-0.2, 0) is 12.8 Å². The smallest absolute Gasteiger partial charge is 0.0739 e. The highest BCUT2D eigenvalue weighted by Gasteiger charge is 2.31. The molecule has 0 aliphatic heterocycles. The zero-order valence-corrected chi connectivity index (χ0v) is 19.1. The molecule has 2 aliphatic rings. The van der Waals surface area contributed by atoms with E-state index in [1.54, 1.807) is 0 Å². The van der Waals surface area contributed by atoms with Gasteiger partial charge in [0.05, 0.1) is 10.8 Å². The van der Waals surface area contributed by atoms with Crippen LogP contribution in [0.3, 0.4) is 0 Å². The van der Waals surface area contributed by atoms with Gasteiger partial charge in [-0.2, -0.15) is 4.99 Å². The molecule has 2 aliphatic carbocycles. The second kappa shape index (κ2) is 9.09. The van der Waals surface area contributed by atoms with Crippen LogP contribution in [0.25, 0.3) is 11.6 Å². The molecule has 5 rings (SSSR count). The van der Waals surface area contributed by atoms with Crippen LogP contribution in [0.5, 0.6) is 0 Å². The van der Waals surface area contributed by atoms with Gasteiger partial charge in [0.2, 0.25) is 0 Å². The molecule has 156 valence electrons. The Hall–Kier alpha value is -3.24. The molecule has 1 nitrogen and oxygen atoms in total. The number of aryl methyl sites for hydroxylation is 1. The normalized spacial score (nSPS) is 18.5. The predicted octanol–water partition coefficient (Wildman–Crippen LogP) is 7.51. The topological polar surface area (TPSA) is 12.4 Å². The van der Waals surface area contributed by atoms with E-state index in [-0.39, 0.29) is 0 Å². The summed E-state index contributed by atoms with van der Waals surface area (Å²) in [5.74, 6) is 8.49. The van der Waals surface area contributed by atoms with Crippen LogP contribution in [0.1, 0.15) is 53.1 Å². The van der Waals surface area contributed by atoms with E-state index in [9.17, 15) is 0 Å². The van der Waals surface area contributed by atoms with Crippen LogP contribution in [0.4, 0.5) is 5.69 Å². The Morgan fingerprint density at radius 2 is 1.62 bits per heavy atom. The van der Waals surface area contributed by atoms with Gasteiger partial charge in [-0.1, -0.05) is 55.2 Å². The molecule has 32 heavy (non-hydrogen) atoms. The zero-order chi connectivity index (χ0) is 21.9. The number of allylic oxidation sites excluding steroid dienone is 1. The first-order valence-electron chi connectivity index (χ1n) is 11.3. The predicted molar refractivity (Wildman–Crippen MR) is 137 cm³/mol. The lowest BCUT2D eigenvalue weighted by molar-refractivity contribution is 0.747. The maximum absolute atomic E-state index is 4.68. The summed E-state index contributed by atoms with van der Waals surface area (Å²) in [4.78, 5) is 4.03. The Bertz CT molecular complexity index is 1280. The third kappa shape index (κ3) is 4.81. The van der Waals surface area contributed by atoms with Gasteiger partial charge in [0.1, 0.15) is 0 Å². The molecule has 2 heteroatoms. The third-order valence-electron chi connectivity index (χ3n) is 6.63. The molecule has 0 heterocycles. The van der Waals surface area contributed by atoms with Gasteiger partial charge < -0.3 is 0 Å². The molecule has 0 saturated heterocycles. The molecule has 2 atom stereocenters. The lowest BCUT2D eigenvalue weighted by Gasteiger charge is -2.17. The first-order valence-corrected chi connectivity index (χ1v) is 11.7. The summed E-state index contributed by atoms with van der Waals surface area (Å²) >= 11 is 4.68. The van der Waals surface area contributed by atoms with E-state index in [0.717, 1.165) is 41.5 Å². The summed E-state index contributed by atoms with van der Waals surface area (Å²) < 4.78 is 0. The number of nitrogens with zero attached hydrogens (tertiary/aromatic N) is 1. The molecule has 0 spiro atoms. The van der Waals surface area contributed by atoms with Crippen molar-refractivity contribution in [1.29, 1.82) is 0 Å². The van der Waals surface area contributed by atoms with Crippen molar-refractivity contribution in [3.63, 3.8) is 0 Å². The Labute approximate surface area is 195 Å². The highest BCUT2D eigenvalue weighted by molar-refractivity contribution is 7.78. The van der Waals surface area contributed by atoms with Crippen LogP contribution in [0, 0.1) is 23.7 Å². The number of thiocarbonyl (C=S) groups is 1. The van der Waals surface area contributed by atoms with E-state index in [1.807, 2.05) is 12.1 Å². The number of rotatable bonds is 4. The summed E-state index contributed by atoms with van der Waals surface area (Å²) in [5.41, 5.74) is 9.70. The second-order valence-corrected chi connectivity index (χ2v) is 9.14. The van der Waals surface area contributed by atoms with E-state index in [4.69, 9.17) is 0 Å². The number of isothiocyanates is 1. The van der Waals surface area contributed by atoms with Crippen molar-refractivity contribution in [2.45, 2.75) is 32.6 Å². The molecule has 1 saturated carbocycles. The molecular weight excluding hydrogens is 406 g/mol. The lowest BCUT2D eigenvalue weighted by atomic mass is 9.88. The fourth-order valence-electron chi connectivity index (χ4n) is 4.46. The number of aliphatic imine (C=N–C) groups is 1. The van der Waals surface area contributed by atoms with Gasteiger partial charge in [0, 0.05) is 11.1 Å². The van der Waals surface area contributed by atoms with Gasteiger partial charge in [0.15, 0.2) is 0 Å². The maximum Gasteiger partial charge on any atom is 0.0739 e. The molecule has 3 aromatic carbocycles. The Balaban J connectivity index is 1.29. The summed E-state index contributed by atoms with van der Waals surface area (Å²) in [6.45, 7) is 2.34. The van der Waals surface area contributed by atoms with E-state index in [2.05, 4.69) is 102 Å². The summed E-state index contributed by atoms with van der Waals surface area (Å²) in [6.07, 6.45) is 6.95. The van der Waals surface area contributed by atoms with Gasteiger partial charge >= 0.3 is 0 Å². The number of fused-ring (bicyclic) bond motifs is 1. The molecule has 1 fully saturated rings. The minimum atomic E-state index is 0.843. The maximum atomic E-state index is 4.68. The molecule has 2 unspecified atom stereocenters. The van der Waals surface area contributed by atoms with E-state index in [1.165, 1.54) is 40.7 Å². The minimum Gasteiger partial charge on any atom is -0.195 e. The molecule has 0 aromatic heterocycles. The number of hydrogen-bond donors (Lipinski definition) is 0. The van der Waals surface area contributed by atoms with Crippen molar-refractivity contribution < 1.29 is 0 Å². The highest BCUT2D eigenvalue weighted by Crippen LogP contribution is 2.40. The number of benzene rings is 3. The van der Waals surface area contributed by atoms with Gasteiger partial charge in [0.25, 0.3) is 0 Å². The van der Waals surface area contributed by atoms with Crippen LogP contribution in [0.15, 0.2) is 71.7 Å². The van der Waals surface area contributed by atoms with E-state index >= 15 is 0 Å². The monoisotopic (exact) mass is 431 g/mol. The molecule has 0 bridgehead atoms. The van der Waals surface area contributed by atoms with Gasteiger partial charge in [-0.05, 0) is 114 Å². The van der Waals surface area contributed by atoms with Crippen molar-refractivity contribution in [2.75, 3.05) is 0 Å². The van der Waals surface area contributed by atoms with E-state index < -0.39 is 0 Å². The van der Waals surface area contributed by atoms with Crippen LogP contribution in [-0.4, -0.2) is 5.16 Å². The first kappa shape index (κ1) is 20.7. The van der Waals surface area contributed by atoms with Crippen molar-refractivity contribution in [3.8, 4) is 11.8 Å². The van der Waals surface area contributed by atoms with Crippen molar-refractivity contribution in [1.82, 2.24) is 0 Å². The van der Waals surface area contributed by atoms with Gasteiger partial charge in [-0.3, -0.25) is 0 Å². The van der Waals surface area contributed by atoms with E-state index in [0.29, 0.717) is 0 Å².